The van der Waals surface area contributed by atoms with Gasteiger partial charge in [0.25, 0.3) is 5.09 Å². The van der Waals surface area contributed by atoms with Gasteiger partial charge in [0.15, 0.2) is 0 Å². The van der Waals surface area contributed by atoms with Gasteiger partial charge in [-0.15, -0.1) is 10.1 Å². The van der Waals surface area contributed by atoms with Gasteiger partial charge in [0, 0.05) is 28.0 Å². The Hall–Kier alpha value is -1.83. The van der Waals surface area contributed by atoms with E-state index >= 15 is 0 Å². The van der Waals surface area contributed by atoms with Crippen LogP contribution in [0.2, 0.25) is 10.0 Å². The molecule has 9 heteroatoms. The largest absolute Gasteiger partial charge is 0.383 e. The zero-order chi connectivity index (χ0) is 16.8. The summed E-state index contributed by atoms with van der Waals surface area (Å²) in [6.45, 7) is 2.33. The lowest BCUT2D eigenvalue weighted by Crippen LogP contribution is -2.30. The van der Waals surface area contributed by atoms with Gasteiger partial charge in [0.1, 0.15) is 5.60 Å². The van der Waals surface area contributed by atoms with E-state index in [0.717, 1.165) is 0 Å². The molecule has 0 fully saturated rings. The van der Waals surface area contributed by atoms with Crippen LogP contribution in [0.4, 0.5) is 0 Å². The number of aromatic nitrogens is 2. The van der Waals surface area contributed by atoms with Crippen LogP contribution >= 0.6 is 23.2 Å². The Balaban J connectivity index is 0.000000541. The fourth-order valence-corrected chi connectivity index (χ4v) is 2.52. The van der Waals surface area contributed by atoms with Crippen molar-refractivity contribution in [2.75, 3.05) is 0 Å². The highest BCUT2D eigenvalue weighted by atomic mass is 35.5. The second-order valence-electron chi connectivity index (χ2n) is 4.48. The Morgan fingerprint density at radius 1 is 1.45 bits per heavy atom. The molecule has 1 aromatic carbocycles. The SMILES string of the molecule is CCC(O)(Cn1ccnc1)c1ccc(Cl)cc1Cl.O=[N+]([O-])O. The van der Waals surface area contributed by atoms with E-state index in [9.17, 15) is 5.11 Å². The van der Waals surface area contributed by atoms with Crippen molar-refractivity contribution in [3.63, 3.8) is 0 Å². The normalized spacial score (nSPS) is 12.9. The predicted molar refractivity (Wildman–Crippen MR) is 81.7 cm³/mol. The number of aliphatic hydroxyl groups is 1. The standard InChI is InChI=1S/C13H14Cl2N2O.HNO3/c1-2-13(18,8-17-6-5-16-9-17)11-4-3-10(14)7-12(11)15;2-1(3)4/h3-7,9,18H,2,8H2,1H3;(H,2,3,4). The summed E-state index contributed by atoms with van der Waals surface area (Å²) >= 11 is 12.0. The van der Waals surface area contributed by atoms with E-state index in [2.05, 4.69) is 4.98 Å². The number of halogens is 2. The van der Waals surface area contributed by atoms with Gasteiger partial charge in [-0.05, 0) is 18.6 Å². The smallest absolute Gasteiger partial charge is 0.291 e. The zero-order valence-corrected chi connectivity index (χ0v) is 13.2. The van der Waals surface area contributed by atoms with Gasteiger partial charge >= 0.3 is 0 Å². The minimum Gasteiger partial charge on any atom is -0.383 e. The molecule has 2 rings (SSSR count). The Labute approximate surface area is 136 Å². The van der Waals surface area contributed by atoms with Gasteiger partial charge in [-0.2, -0.15) is 0 Å². The molecule has 0 amide bonds. The summed E-state index contributed by atoms with van der Waals surface area (Å²) in [5.74, 6) is 0. The number of nitrogens with zero attached hydrogens (tertiary/aromatic N) is 3. The van der Waals surface area contributed by atoms with E-state index in [4.69, 9.17) is 38.5 Å². The van der Waals surface area contributed by atoms with Gasteiger partial charge in [-0.25, -0.2) is 4.98 Å². The summed E-state index contributed by atoms with van der Waals surface area (Å²) in [5.41, 5.74) is -0.340. The van der Waals surface area contributed by atoms with E-state index in [0.29, 0.717) is 28.6 Å². The van der Waals surface area contributed by atoms with Crippen molar-refractivity contribution in [2.45, 2.75) is 25.5 Å². The maximum Gasteiger partial charge on any atom is 0.291 e. The molecule has 120 valence electrons. The highest BCUT2D eigenvalue weighted by Gasteiger charge is 2.30. The van der Waals surface area contributed by atoms with Gasteiger partial charge in [0.05, 0.1) is 12.9 Å². The van der Waals surface area contributed by atoms with Crippen molar-refractivity contribution in [2.24, 2.45) is 0 Å². The molecule has 0 aliphatic carbocycles. The third kappa shape index (κ3) is 5.18. The number of benzene rings is 1. The molecule has 0 radical (unpaired) electrons. The van der Waals surface area contributed by atoms with E-state index in [1.807, 2.05) is 17.7 Å². The molecule has 22 heavy (non-hydrogen) atoms. The molecule has 1 heterocycles. The topological polar surface area (TPSA) is 101 Å². The molecule has 0 bridgehead atoms. The Kier molecular flexibility index (Phi) is 6.61. The van der Waals surface area contributed by atoms with E-state index < -0.39 is 10.7 Å². The minimum atomic E-state index is -1.50. The van der Waals surface area contributed by atoms with E-state index in [-0.39, 0.29) is 0 Å². The highest BCUT2D eigenvalue weighted by molar-refractivity contribution is 6.35. The van der Waals surface area contributed by atoms with Crippen LogP contribution < -0.4 is 0 Å². The molecular weight excluding hydrogens is 333 g/mol. The number of rotatable bonds is 4. The molecule has 2 aromatic rings. The number of hydrogen-bond acceptors (Lipinski definition) is 4. The third-order valence-electron chi connectivity index (χ3n) is 3.02. The summed E-state index contributed by atoms with van der Waals surface area (Å²) in [7, 11) is 0. The van der Waals surface area contributed by atoms with Crippen LogP contribution in [-0.4, -0.2) is 25.0 Å². The first kappa shape index (κ1) is 18.2. The van der Waals surface area contributed by atoms with Crippen molar-refractivity contribution in [3.05, 3.63) is 62.6 Å². The minimum absolute atomic E-state index is 0.408. The molecule has 2 N–H and O–H groups in total. The fraction of sp³-hybridized carbons (Fsp3) is 0.308. The first-order valence-electron chi connectivity index (χ1n) is 6.25. The first-order chi connectivity index (χ1) is 10.3. The first-order valence-corrected chi connectivity index (χ1v) is 7.01. The predicted octanol–water partition coefficient (Wildman–Crippen LogP) is 3.14. The van der Waals surface area contributed by atoms with Crippen molar-refractivity contribution in [3.8, 4) is 0 Å². The van der Waals surface area contributed by atoms with Crippen LogP contribution in [0.1, 0.15) is 18.9 Å². The van der Waals surface area contributed by atoms with Crippen LogP contribution in [0.15, 0.2) is 36.9 Å². The van der Waals surface area contributed by atoms with E-state index in [1.165, 1.54) is 0 Å². The second kappa shape index (κ2) is 7.98. The molecule has 0 saturated carbocycles. The van der Waals surface area contributed by atoms with Crippen LogP contribution in [0, 0.1) is 10.1 Å². The van der Waals surface area contributed by atoms with Crippen molar-refractivity contribution < 1.29 is 15.4 Å². The average Bonchev–Trinajstić information content (AvgIpc) is 2.90. The van der Waals surface area contributed by atoms with Crippen LogP contribution in [-0.2, 0) is 12.1 Å². The number of imidazole rings is 1. The summed E-state index contributed by atoms with van der Waals surface area (Å²) < 4.78 is 1.83. The van der Waals surface area contributed by atoms with Gasteiger partial charge in [-0.3, -0.25) is 0 Å². The lowest BCUT2D eigenvalue weighted by Gasteiger charge is -2.28. The van der Waals surface area contributed by atoms with Crippen molar-refractivity contribution >= 4 is 23.2 Å². The van der Waals surface area contributed by atoms with Crippen LogP contribution in [0.5, 0.6) is 0 Å². The molecule has 0 saturated heterocycles. The third-order valence-corrected chi connectivity index (χ3v) is 3.57. The average molecular weight is 348 g/mol. The Bertz CT molecular complexity index is 618. The lowest BCUT2D eigenvalue weighted by molar-refractivity contribution is -0.742. The molecular formula is C13H15Cl2N3O4. The van der Waals surface area contributed by atoms with E-state index in [1.54, 1.807) is 30.7 Å². The van der Waals surface area contributed by atoms with Crippen LogP contribution in [0.3, 0.4) is 0 Å². The molecule has 0 aliphatic heterocycles. The summed E-state index contributed by atoms with van der Waals surface area (Å²) in [6.07, 6.45) is 5.71. The monoisotopic (exact) mass is 347 g/mol. The fourth-order valence-electron chi connectivity index (χ4n) is 1.94. The van der Waals surface area contributed by atoms with Gasteiger partial charge in [0.2, 0.25) is 0 Å². The second-order valence-corrected chi connectivity index (χ2v) is 5.33. The summed E-state index contributed by atoms with van der Waals surface area (Å²) in [4.78, 5) is 12.3. The maximum absolute atomic E-state index is 10.8. The van der Waals surface area contributed by atoms with Gasteiger partial charge in [-0.1, -0.05) is 36.2 Å². The molecule has 7 nitrogen and oxygen atoms in total. The molecule has 0 spiro atoms. The molecule has 1 atom stereocenters. The van der Waals surface area contributed by atoms with Crippen molar-refractivity contribution in [1.82, 2.24) is 9.55 Å². The Morgan fingerprint density at radius 2 is 2.09 bits per heavy atom. The molecule has 1 aromatic heterocycles. The zero-order valence-electron chi connectivity index (χ0n) is 11.7. The highest BCUT2D eigenvalue weighted by Crippen LogP contribution is 2.34. The summed E-state index contributed by atoms with van der Waals surface area (Å²) in [5, 5.41) is 25.4. The van der Waals surface area contributed by atoms with Gasteiger partial charge < -0.3 is 14.9 Å². The maximum atomic E-state index is 10.8. The summed E-state index contributed by atoms with van der Waals surface area (Å²) in [6, 6.07) is 5.15. The Morgan fingerprint density at radius 3 is 2.55 bits per heavy atom. The lowest BCUT2D eigenvalue weighted by atomic mass is 9.91. The van der Waals surface area contributed by atoms with Crippen molar-refractivity contribution in [1.29, 1.82) is 0 Å². The molecule has 1 unspecified atom stereocenters. The number of hydrogen-bond donors (Lipinski definition) is 2. The quantitative estimate of drug-likeness (QED) is 0.653. The van der Waals surface area contributed by atoms with Crippen LogP contribution in [0.25, 0.3) is 0 Å². The molecule has 0 aliphatic rings.